The lowest BCUT2D eigenvalue weighted by Gasteiger charge is -2.15. The molecule has 0 unspecified atom stereocenters. The maximum atomic E-state index is 12.4. The fourth-order valence-electron chi connectivity index (χ4n) is 1.83. The summed E-state index contributed by atoms with van der Waals surface area (Å²) in [4.78, 5) is 12.0. The van der Waals surface area contributed by atoms with Crippen LogP contribution in [0.5, 0.6) is 5.75 Å². The van der Waals surface area contributed by atoms with E-state index in [-0.39, 0.29) is 21.9 Å². The van der Waals surface area contributed by atoms with Gasteiger partial charge in [-0.05, 0) is 13.0 Å². The normalized spacial score (nSPS) is 12.0. The largest absolute Gasteiger partial charge is 0.494 e. The first-order valence-electron chi connectivity index (χ1n) is 7.99. The first-order valence-corrected chi connectivity index (χ1v) is 10.3. The molecule has 0 aliphatic heterocycles. The molecule has 0 spiro atoms. The molecule has 2 N–H and O–H groups in total. The van der Waals surface area contributed by atoms with Crippen LogP contribution in [0.25, 0.3) is 0 Å². The van der Waals surface area contributed by atoms with Crippen molar-refractivity contribution in [3.05, 3.63) is 29.8 Å². The Morgan fingerprint density at radius 2 is 1.92 bits per heavy atom. The predicted molar refractivity (Wildman–Crippen MR) is 99.6 cm³/mol. The van der Waals surface area contributed by atoms with Crippen molar-refractivity contribution < 1.29 is 17.9 Å². The third kappa shape index (κ3) is 5.23. The zero-order valence-corrected chi connectivity index (χ0v) is 16.7. The number of hydrogen-bond donors (Lipinski definition) is 2. The summed E-state index contributed by atoms with van der Waals surface area (Å²) in [6, 6.07) is 7.18. The lowest BCUT2D eigenvalue weighted by atomic mass is 9.96. The van der Waals surface area contributed by atoms with Crippen LogP contribution >= 0.6 is 11.3 Å². The zero-order valence-electron chi connectivity index (χ0n) is 15.1. The molecule has 0 saturated heterocycles. The van der Waals surface area contributed by atoms with Crippen LogP contribution in [0.15, 0.2) is 28.6 Å². The smallest absolute Gasteiger partial charge is 0.270 e. The van der Waals surface area contributed by atoms with E-state index in [4.69, 9.17) is 4.74 Å². The third-order valence-corrected chi connectivity index (χ3v) is 5.87. The number of aromatic nitrogens is 2. The number of anilines is 1. The second-order valence-corrected chi connectivity index (χ2v) is 9.36. The number of carbonyl (C=O) groups excluding carboxylic acids is 1. The van der Waals surface area contributed by atoms with Crippen LogP contribution in [-0.2, 0) is 21.4 Å². The molecule has 0 saturated carbocycles. The Morgan fingerprint density at radius 3 is 2.58 bits per heavy atom. The molecule has 0 atom stereocenters. The maximum absolute atomic E-state index is 12.4. The number of carbonyl (C=O) groups is 1. The van der Waals surface area contributed by atoms with E-state index in [2.05, 4.69) is 20.2 Å². The van der Waals surface area contributed by atoms with Crippen molar-refractivity contribution in [1.29, 1.82) is 0 Å². The maximum Gasteiger partial charge on any atom is 0.270 e. The number of sulfonamides is 1. The van der Waals surface area contributed by atoms with Crippen LogP contribution in [0.1, 0.15) is 33.3 Å². The number of rotatable bonds is 7. The molecule has 1 aromatic heterocycles. The van der Waals surface area contributed by atoms with E-state index < -0.39 is 15.4 Å². The van der Waals surface area contributed by atoms with Crippen LogP contribution in [0, 0.1) is 5.41 Å². The SMILES string of the molecule is CCOc1ccccc1CNS(=O)(=O)c1nnc(NC(=O)C(C)(C)C)s1. The van der Waals surface area contributed by atoms with Crippen LogP contribution in [0.3, 0.4) is 0 Å². The van der Waals surface area contributed by atoms with E-state index in [9.17, 15) is 13.2 Å². The van der Waals surface area contributed by atoms with Crippen LogP contribution < -0.4 is 14.8 Å². The van der Waals surface area contributed by atoms with Crippen LogP contribution in [0.4, 0.5) is 5.13 Å². The summed E-state index contributed by atoms with van der Waals surface area (Å²) in [5, 5.41) is 10.1. The molecule has 142 valence electrons. The number of para-hydroxylation sites is 1. The average molecular weight is 399 g/mol. The molecule has 1 heterocycles. The lowest BCUT2D eigenvalue weighted by molar-refractivity contribution is -0.123. The van der Waals surface area contributed by atoms with Crippen LogP contribution in [-0.4, -0.2) is 31.1 Å². The van der Waals surface area contributed by atoms with Gasteiger partial charge in [0.25, 0.3) is 10.0 Å². The first kappa shape index (κ1) is 20.3. The molecular weight excluding hydrogens is 376 g/mol. The Hall–Kier alpha value is -2.04. The van der Waals surface area contributed by atoms with Gasteiger partial charge in [0.15, 0.2) is 0 Å². The van der Waals surface area contributed by atoms with Gasteiger partial charge in [-0.2, -0.15) is 0 Å². The highest BCUT2D eigenvalue weighted by Gasteiger charge is 2.25. The summed E-state index contributed by atoms with van der Waals surface area (Å²) >= 11 is 0.798. The molecule has 0 fully saturated rings. The van der Waals surface area contributed by atoms with Crippen molar-refractivity contribution in [2.45, 2.75) is 38.6 Å². The van der Waals surface area contributed by atoms with Gasteiger partial charge in [-0.1, -0.05) is 50.3 Å². The molecule has 1 amide bonds. The molecule has 0 aliphatic carbocycles. The highest BCUT2D eigenvalue weighted by Crippen LogP contribution is 2.24. The lowest BCUT2D eigenvalue weighted by Crippen LogP contribution is -2.27. The van der Waals surface area contributed by atoms with Gasteiger partial charge in [0.05, 0.1) is 6.61 Å². The van der Waals surface area contributed by atoms with E-state index in [1.807, 2.05) is 13.0 Å². The fourth-order valence-corrected chi connectivity index (χ4v) is 3.78. The number of hydrogen-bond acceptors (Lipinski definition) is 7. The summed E-state index contributed by atoms with van der Waals surface area (Å²) < 4.78 is 32.6. The number of ether oxygens (including phenoxy) is 1. The molecular formula is C16H22N4O4S2. The third-order valence-electron chi connectivity index (χ3n) is 3.26. The molecule has 10 heteroatoms. The van der Waals surface area contributed by atoms with Crippen molar-refractivity contribution >= 4 is 32.4 Å². The standard InChI is InChI=1S/C16H22N4O4S2/c1-5-24-12-9-7-6-8-11(12)10-17-26(22,23)15-20-19-14(25-15)18-13(21)16(2,3)4/h6-9,17H,5,10H2,1-4H3,(H,18,19,21). The number of nitrogens with zero attached hydrogens (tertiary/aromatic N) is 2. The highest BCUT2D eigenvalue weighted by atomic mass is 32.2. The Morgan fingerprint density at radius 1 is 1.23 bits per heavy atom. The van der Waals surface area contributed by atoms with Gasteiger partial charge >= 0.3 is 0 Å². The van der Waals surface area contributed by atoms with E-state index in [0.717, 1.165) is 11.3 Å². The summed E-state index contributed by atoms with van der Waals surface area (Å²) in [5.74, 6) is 0.351. The Labute approximate surface area is 157 Å². The summed E-state index contributed by atoms with van der Waals surface area (Å²) in [6.07, 6.45) is 0. The van der Waals surface area contributed by atoms with E-state index in [1.54, 1.807) is 39.0 Å². The molecule has 26 heavy (non-hydrogen) atoms. The molecule has 1 aromatic carbocycles. The quantitative estimate of drug-likeness (QED) is 0.693. The molecule has 0 aliphatic rings. The van der Waals surface area contributed by atoms with Gasteiger partial charge in [0, 0.05) is 17.5 Å². The van der Waals surface area contributed by atoms with Crippen LogP contribution in [0.2, 0.25) is 0 Å². The summed E-state index contributed by atoms with van der Waals surface area (Å²) in [5.41, 5.74) is 0.0927. The predicted octanol–water partition coefficient (Wildman–Crippen LogP) is 2.40. The minimum atomic E-state index is -3.85. The average Bonchev–Trinajstić information content (AvgIpc) is 3.03. The Bertz CT molecular complexity index is 872. The van der Waals surface area contributed by atoms with Crippen molar-refractivity contribution in [2.24, 2.45) is 5.41 Å². The van der Waals surface area contributed by atoms with Gasteiger partial charge in [-0.25, -0.2) is 13.1 Å². The van der Waals surface area contributed by atoms with Crippen molar-refractivity contribution in [1.82, 2.24) is 14.9 Å². The number of nitrogens with one attached hydrogen (secondary N) is 2. The minimum absolute atomic E-state index is 0.0573. The Balaban J connectivity index is 2.08. The Kier molecular flexibility index (Phi) is 6.32. The van der Waals surface area contributed by atoms with Crippen molar-refractivity contribution in [3.8, 4) is 5.75 Å². The highest BCUT2D eigenvalue weighted by molar-refractivity contribution is 7.91. The second kappa shape index (κ2) is 8.11. The van der Waals surface area contributed by atoms with E-state index in [1.165, 1.54) is 0 Å². The number of amides is 1. The summed E-state index contributed by atoms with van der Waals surface area (Å²) in [6.45, 7) is 7.64. The van der Waals surface area contributed by atoms with E-state index in [0.29, 0.717) is 17.9 Å². The second-order valence-electron chi connectivity index (χ2n) is 6.44. The van der Waals surface area contributed by atoms with Gasteiger partial charge in [-0.15, -0.1) is 10.2 Å². The van der Waals surface area contributed by atoms with Gasteiger partial charge < -0.3 is 10.1 Å². The number of benzene rings is 1. The molecule has 0 bridgehead atoms. The van der Waals surface area contributed by atoms with Gasteiger partial charge in [0.1, 0.15) is 5.75 Å². The van der Waals surface area contributed by atoms with Crippen molar-refractivity contribution in [2.75, 3.05) is 11.9 Å². The van der Waals surface area contributed by atoms with E-state index >= 15 is 0 Å². The minimum Gasteiger partial charge on any atom is -0.494 e. The fraction of sp³-hybridized carbons (Fsp3) is 0.438. The molecule has 0 radical (unpaired) electrons. The zero-order chi connectivity index (χ0) is 19.4. The molecule has 8 nitrogen and oxygen atoms in total. The monoisotopic (exact) mass is 398 g/mol. The topological polar surface area (TPSA) is 110 Å². The van der Waals surface area contributed by atoms with Gasteiger partial charge in [-0.3, -0.25) is 4.79 Å². The van der Waals surface area contributed by atoms with Crippen molar-refractivity contribution in [3.63, 3.8) is 0 Å². The molecule has 2 rings (SSSR count). The first-order chi connectivity index (χ1) is 12.1. The van der Waals surface area contributed by atoms with Gasteiger partial charge in [0.2, 0.25) is 15.4 Å². The summed E-state index contributed by atoms with van der Waals surface area (Å²) in [7, 11) is -3.85. The molecule has 2 aromatic rings.